The second kappa shape index (κ2) is 3.38. The number of hydrogen-bond acceptors (Lipinski definition) is 2. The molecule has 0 aliphatic rings. The minimum atomic E-state index is -0.956. The summed E-state index contributed by atoms with van der Waals surface area (Å²) in [5.41, 5.74) is 1.84. The van der Waals surface area contributed by atoms with E-state index in [1.54, 1.807) is 0 Å². The van der Waals surface area contributed by atoms with Gasteiger partial charge in [-0.3, -0.25) is 5.10 Å². The first-order chi connectivity index (χ1) is 5.66. The molecule has 1 aromatic rings. The SMILES string of the molecule is CCCc1c(C(=O)O)n[nH]c1C. The molecule has 0 saturated carbocycles. The molecule has 0 spiro atoms. The molecule has 0 aromatic carbocycles. The van der Waals surface area contributed by atoms with Crippen LogP contribution in [0.15, 0.2) is 0 Å². The van der Waals surface area contributed by atoms with Gasteiger partial charge in [0.1, 0.15) is 0 Å². The maximum Gasteiger partial charge on any atom is 0.356 e. The summed E-state index contributed by atoms with van der Waals surface area (Å²) in [6.07, 6.45) is 1.70. The number of aromatic carboxylic acids is 1. The maximum absolute atomic E-state index is 10.6. The normalized spacial score (nSPS) is 10.2. The van der Waals surface area contributed by atoms with Crippen LogP contribution in [-0.2, 0) is 6.42 Å². The third kappa shape index (κ3) is 1.47. The lowest BCUT2D eigenvalue weighted by Gasteiger charge is -1.96. The van der Waals surface area contributed by atoms with Crippen LogP contribution in [-0.4, -0.2) is 21.3 Å². The highest BCUT2D eigenvalue weighted by molar-refractivity contribution is 5.87. The van der Waals surface area contributed by atoms with E-state index in [1.807, 2.05) is 13.8 Å². The smallest absolute Gasteiger partial charge is 0.356 e. The maximum atomic E-state index is 10.6. The summed E-state index contributed by atoms with van der Waals surface area (Å²) < 4.78 is 0. The third-order valence-electron chi connectivity index (χ3n) is 1.78. The number of aryl methyl sites for hydroxylation is 1. The Morgan fingerprint density at radius 1 is 1.67 bits per heavy atom. The quantitative estimate of drug-likeness (QED) is 0.716. The molecule has 0 atom stereocenters. The molecule has 0 saturated heterocycles. The van der Waals surface area contributed by atoms with Crippen molar-refractivity contribution in [2.24, 2.45) is 0 Å². The van der Waals surface area contributed by atoms with Crippen LogP contribution < -0.4 is 0 Å². The predicted molar refractivity (Wildman–Crippen MR) is 44.3 cm³/mol. The van der Waals surface area contributed by atoms with Crippen molar-refractivity contribution in [1.29, 1.82) is 0 Å². The van der Waals surface area contributed by atoms with Gasteiger partial charge >= 0.3 is 5.97 Å². The van der Waals surface area contributed by atoms with Crippen molar-refractivity contribution in [2.75, 3.05) is 0 Å². The summed E-state index contributed by atoms with van der Waals surface area (Å²) in [5.74, 6) is -0.956. The van der Waals surface area contributed by atoms with E-state index in [4.69, 9.17) is 5.11 Å². The van der Waals surface area contributed by atoms with Crippen molar-refractivity contribution >= 4 is 5.97 Å². The summed E-state index contributed by atoms with van der Waals surface area (Å²) in [5, 5.41) is 15.1. The van der Waals surface area contributed by atoms with Gasteiger partial charge in [0, 0.05) is 11.3 Å². The van der Waals surface area contributed by atoms with Crippen molar-refractivity contribution in [1.82, 2.24) is 10.2 Å². The number of carbonyl (C=O) groups is 1. The van der Waals surface area contributed by atoms with Crippen molar-refractivity contribution in [3.8, 4) is 0 Å². The molecule has 1 rings (SSSR count). The molecule has 4 nitrogen and oxygen atoms in total. The van der Waals surface area contributed by atoms with Gasteiger partial charge in [0.25, 0.3) is 0 Å². The molecule has 2 N–H and O–H groups in total. The summed E-state index contributed by atoms with van der Waals surface area (Å²) in [6, 6.07) is 0. The molecule has 12 heavy (non-hydrogen) atoms. The fourth-order valence-corrected chi connectivity index (χ4v) is 1.19. The van der Waals surface area contributed by atoms with Gasteiger partial charge in [-0.25, -0.2) is 4.79 Å². The largest absolute Gasteiger partial charge is 0.476 e. The number of hydrogen-bond donors (Lipinski definition) is 2. The number of nitrogens with one attached hydrogen (secondary N) is 1. The predicted octanol–water partition coefficient (Wildman–Crippen LogP) is 1.37. The molecule has 0 aliphatic heterocycles. The molecule has 0 bridgehead atoms. The Morgan fingerprint density at radius 3 is 2.83 bits per heavy atom. The average Bonchev–Trinajstić information content (AvgIpc) is 2.34. The summed E-state index contributed by atoms with van der Waals surface area (Å²) in [7, 11) is 0. The van der Waals surface area contributed by atoms with E-state index in [-0.39, 0.29) is 5.69 Å². The third-order valence-corrected chi connectivity index (χ3v) is 1.78. The molecule has 1 aromatic heterocycles. The first-order valence-corrected chi connectivity index (χ1v) is 3.94. The van der Waals surface area contributed by atoms with Crippen molar-refractivity contribution < 1.29 is 9.90 Å². The number of rotatable bonds is 3. The molecule has 66 valence electrons. The molecule has 0 unspecified atom stereocenters. The first-order valence-electron chi connectivity index (χ1n) is 3.94. The van der Waals surface area contributed by atoms with Gasteiger partial charge in [0.2, 0.25) is 0 Å². The number of aromatic amines is 1. The van der Waals surface area contributed by atoms with Crippen molar-refractivity contribution in [3.63, 3.8) is 0 Å². The van der Waals surface area contributed by atoms with E-state index in [9.17, 15) is 4.79 Å². The van der Waals surface area contributed by atoms with E-state index >= 15 is 0 Å². The molecule has 0 fully saturated rings. The second-order valence-corrected chi connectivity index (χ2v) is 2.73. The standard InChI is InChI=1S/C8H12N2O2/c1-3-4-6-5(2)9-10-7(6)8(11)12/h3-4H2,1-2H3,(H,9,10)(H,11,12). The molecule has 4 heteroatoms. The molecule has 0 radical (unpaired) electrons. The van der Waals surface area contributed by atoms with Crippen LogP contribution in [0.25, 0.3) is 0 Å². The van der Waals surface area contributed by atoms with Gasteiger partial charge in [-0.05, 0) is 13.3 Å². The number of H-pyrrole nitrogens is 1. The monoisotopic (exact) mass is 168 g/mol. The zero-order valence-electron chi connectivity index (χ0n) is 7.22. The zero-order chi connectivity index (χ0) is 9.14. The van der Waals surface area contributed by atoms with E-state index in [0.29, 0.717) is 0 Å². The van der Waals surface area contributed by atoms with Crippen LogP contribution in [0.2, 0.25) is 0 Å². The Labute approximate surface area is 70.6 Å². The number of carboxylic acid groups (broad SMARTS) is 1. The van der Waals surface area contributed by atoms with Crippen LogP contribution in [0.3, 0.4) is 0 Å². The highest BCUT2D eigenvalue weighted by Gasteiger charge is 2.14. The van der Waals surface area contributed by atoms with Crippen molar-refractivity contribution in [3.05, 3.63) is 17.0 Å². The average molecular weight is 168 g/mol. The van der Waals surface area contributed by atoms with Crippen LogP contribution >= 0.6 is 0 Å². The summed E-state index contributed by atoms with van der Waals surface area (Å²) in [4.78, 5) is 10.6. The van der Waals surface area contributed by atoms with Crippen LogP contribution in [0.5, 0.6) is 0 Å². The molecule has 1 heterocycles. The van der Waals surface area contributed by atoms with Gasteiger partial charge in [-0.15, -0.1) is 0 Å². The van der Waals surface area contributed by atoms with Gasteiger partial charge in [0.15, 0.2) is 5.69 Å². The number of carboxylic acids is 1. The van der Waals surface area contributed by atoms with Gasteiger partial charge in [-0.1, -0.05) is 13.3 Å². The molecule has 0 amide bonds. The number of aromatic nitrogens is 2. The topological polar surface area (TPSA) is 66.0 Å². The highest BCUT2D eigenvalue weighted by Crippen LogP contribution is 2.12. The summed E-state index contributed by atoms with van der Waals surface area (Å²) >= 11 is 0. The van der Waals surface area contributed by atoms with Crippen LogP contribution in [0.1, 0.15) is 35.1 Å². The van der Waals surface area contributed by atoms with Gasteiger partial charge in [0.05, 0.1) is 0 Å². The lowest BCUT2D eigenvalue weighted by molar-refractivity contribution is 0.0689. The minimum absolute atomic E-state index is 0.161. The van der Waals surface area contributed by atoms with E-state index in [0.717, 1.165) is 24.1 Å². The lowest BCUT2D eigenvalue weighted by Crippen LogP contribution is -2.01. The minimum Gasteiger partial charge on any atom is -0.476 e. The Kier molecular flexibility index (Phi) is 2.47. The molecular formula is C8H12N2O2. The van der Waals surface area contributed by atoms with E-state index in [2.05, 4.69) is 10.2 Å². The van der Waals surface area contributed by atoms with Crippen LogP contribution in [0, 0.1) is 6.92 Å². The second-order valence-electron chi connectivity index (χ2n) is 2.73. The Balaban J connectivity index is 3.03. The van der Waals surface area contributed by atoms with Crippen LogP contribution in [0.4, 0.5) is 0 Å². The fraction of sp³-hybridized carbons (Fsp3) is 0.500. The number of nitrogens with zero attached hydrogens (tertiary/aromatic N) is 1. The highest BCUT2D eigenvalue weighted by atomic mass is 16.4. The molecular weight excluding hydrogens is 156 g/mol. The summed E-state index contributed by atoms with van der Waals surface area (Å²) in [6.45, 7) is 3.85. The lowest BCUT2D eigenvalue weighted by atomic mass is 10.1. The Bertz CT molecular complexity index is 291. The fourth-order valence-electron chi connectivity index (χ4n) is 1.19. The van der Waals surface area contributed by atoms with E-state index in [1.165, 1.54) is 0 Å². The Morgan fingerprint density at radius 2 is 2.33 bits per heavy atom. The molecule has 0 aliphatic carbocycles. The van der Waals surface area contributed by atoms with E-state index < -0.39 is 5.97 Å². The van der Waals surface area contributed by atoms with Gasteiger partial charge < -0.3 is 5.11 Å². The van der Waals surface area contributed by atoms with Crippen molar-refractivity contribution in [2.45, 2.75) is 26.7 Å². The Hall–Kier alpha value is -1.32. The first kappa shape index (κ1) is 8.77. The zero-order valence-corrected chi connectivity index (χ0v) is 7.22. The van der Waals surface area contributed by atoms with Gasteiger partial charge in [-0.2, -0.15) is 5.10 Å².